The first-order valence-corrected chi connectivity index (χ1v) is 11.7. The highest BCUT2D eigenvalue weighted by molar-refractivity contribution is 5.91. The quantitative estimate of drug-likeness (QED) is 0.729. The highest BCUT2D eigenvalue weighted by Gasteiger charge is 2.49. The number of rotatable bonds is 7. The van der Waals surface area contributed by atoms with Gasteiger partial charge in [-0.05, 0) is 44.1 Å². The van der Waals surface area contributed by atoms with E-state index < -0.39 is 5.41 Å². The fourth-order valence-corrected chi connectivity index (χ4v) is 5.35. The molecule has 1 N–H and O–H groups in total. The molecule has 168 valence electrons. The molecule has 0 aromatic heterocycles. The van der Waals surface area contributed by atoms with Crippen LogP contribution in [0.4, 0.5) is 0 Å². The molecule has 0 radical (unpaired) electrons. The molecular formula is C25H35N3O3. The third-order valence-corrected chi connectivity index (χ3v) is 7.12. The van der Waals surface area contributed by atoms with Gasteiger partial charge in [-0.15, -0.1) is 0 Å². The Morgan fingerprint density at radius 1 is 1.19 bits per heavy atom. The number of hydrogen-bond acceptors (Lipinski definition) is 4. The van der Waals surface area contributed by atoms with Gasteiger partial charge >= 0.3 is 0 Å². The van der Waals surface area contributed by atoms with E-state index in [1.807, 2.05) is 11.0 Å². The lowest BCUT2D eigenvalue weighted by molar-refractivity contribution is -0.141. The molecule has 3 aliphatic rings. The van der Waals surface area contributed by atoms with Crippen LogP contribution in [0, 0.1) is 5.41 Å². The second-order valence-corrected chi connectivity index (χ2v) is 9.11. The van der Waals surface area contributed by atoms with Gasteiger partial charge in [-0.1, -0.05) is 36.4 Å². The van der Waals surface area contributed by atoms with Crippen LogP contribution < -0.4 is 5.32 Å². The zero-order valence-corrected chi connectivity index (χ0v) is 18.6. The summed E-state index contributed by atoms with van der Waals surface area (Å²) in [6.45, 7) is 3.96. The average Bonchev–Trinajstić information content (AvgIpc) is 2.80. The van der Waals surface area contributed by atoms with Crippen LogP contribution in [0.5, 0.6) is 0 Å². The van der Waals surface area contributed by atoms with Crippen LogP contribution in [-0.2, 0) is 20.9 Å². The molecule has 1 aliphatic carbocycles. The Labute approximate surface area is 185 Å². The maximum atomic E-state index is 13.6. The Balaban J connectivity index is 1.38. The highest BCUT2D eigenvalue weighted by Crippen LogP contribution is 2.47. The minimum absolute atomic E-state index is 0.114. The Morgan fingerprint density at radius 3 is 2.71 bits per heavy atom. The van der Waals surface area contributed by atoms with E-state index >= 15 is 0 Å². The summed E-state index contributed by atoms with van der Waals surface area (Å²) in [4.78, 5) is 30.5. The average molecular weight is 426 g/mol. The Hall–Kier alpha value is -2.18. The number of amides is 2. The first-order valence-electron chi connectivity index (χ1n) is 11.7. The Kier molecular flexibility index (Phi) is 7.08. The van der Waals surface area contributed by atoms with Crippen LogP contribution in [0.25, 0.3) is 0 Å². The lowest BCUT2D eigenvalue weighted by Crippen LogP contribution is -2.56. The van der Waals surface area contributed by atoms with Crippen LogP contribution in [0.3, 0.4) is 0 Å². The molecule has 4 rings (SSSR count). The van der Waals surface area contributed by atoms with Crippen LogP contribution in [0.15, 0.2) is 42.1 Å². The molecule has 0 saturated carbocycles. The summed E-state index contributed by atoms with van der Waals surface area (Å²) in [5, 5.41) is 3.38. The van der Waals surface area contributed by atoms with E-state index in [1.165, 1.54) is 5.56 Å². The fraction of sp³-hybridized carbons (Fsp3) is 0.600. The summed E-state index contributed by atoms with van der Waals surface area (Å²) in [5.74, 6) is 0.234. The second-order valence-electron chi connectivity index (χ2n) is 9.11. The maximum Gasteiger partial charge on any atom is 0.232 e. The molecule has 6 heteroatoms. The number of nitrogens with zero attached hydrogens (tertiary/aromatic N) is 2. The lowest BCUT2D eigenvalue weighted by atomic mass is 9.69. The second kappa shape index (κ2) is 9.96. The number of likely N-dealkylation sites (tertiary alicyclic amines) is 2. The number of carbonyl (C=O) groups is 2. The predicted molar refractivity (Wildman–Crippen MR) is 120 cm³/mol. The van der Waals surface area contributed by atoms with Gasteiger partial charge in [0.25, 0.3) is 0 Å². The van der Waals surface area contributed by atoms with E-state index in [0.717, 1.165) is 57.4 Å². The molecule has 2 saturated heterocycles. The number of carbonyl (C=O) groups excluding carboxylic acids is 2. The predicted octanol–water partition coefficient (Wildman–Crippen LogP) is 3.09. The molecule has 1 atom stereocenters. The molecule has 2 amide bonds. The topological polar surface area (TPSA) is 61.9 Å². The minimum atomic E-state index is -0.554. The molecule has 2 aliphatic heterocycles. The van der Waals surface area contributed by atoms with Crippen molar-refractivity contribution < 1.29 is 14.3 Å². The summed E-state index contributed by atoms with van der Waals surface area (Å²) < 4.78 is 5.21. The van der Waals surface area contributed by atoms with Crippen molar-refractivity contribution in [3.63, 3.8) is 0 Å². The first kappa shape index (κ1) is 22.0. The van der Waals surface area contributed by atoms with Gasteiger partial charge in [-0.25, -0.2) is 0 Å². The van der Waals surface area contributed by atoms with Crippen LogP contribution >= 0.6 is 0 Å². The third-order valence-electron chi connectivity index (χ3n) is 7.12. The van der Waals surface area contributed by atoms with E-state index in [0.29, 0.717) is 26.0 Å². The van der Waals surface area contributed by atoms with Gasteiger partial charge < -0.3 is 15.0 Å². The van der Waals surface area contributed by atoms with Crippen molar-refractivity contribution in [1.82, 2.24) is 15.1 Å². The minimum Gasteiger partial charge on any atom is -0.383 e. The van der Waals surface area contributed by atoms with E-state index in [4.69, 9.17) is 4.74 Å². The van der Waals surface area contributed by atoms with Gasteiger partial charge in [0, 0.05) is 51.4 Å². The molecule has 0 spiro atoms. The molecule has 6 nitrogen and oxygen atoms in total. The smallest absolute Gasteiger partial charge is 0.232 e. The summed E-state index contributed by atoms with van der Waals surface area (Å²) in [5.41, 5.74) is 1.70. The van der Waals surface area contributed by atoms with Gasteiger partial charge in [-0.3, -0.25) is 14.5 Å². The molecule has 1 aromatic carbocycles. The van der Waals surface area contributed by atoms with Crippen molar-refractivity contribution in [1.29, 1.82) is 0 Å². The van der Waals surface area contributed by atoms with Gasteiger partial charge in [0.2, 0.25) is 11.8 Å². The number of hydrogen-bond donors (Lipinski definition) is 1. The number of benzene rings is 1. The van der Waals surface area contributed by atoms with Crippen LogP contribution in [-0.4, -0.2) is 61.0 Å². The van der Waals surface area contributed by atoms with Crippen molar-refractivity contribution in [2.75, 3.05) is 33.4 Å². The normalized spacial score (nSPS) is 25.1. The number of piperidine rings is 2. The number of nitrogens with one attached hydrogen (secondary N) is 1. The molecule has 0 bridgehead atoms. The summed E-state index contributed by atoms with van der Waals surface area (Å²) >= 11 is 0. The molecule has 2 heterocycles. The van der Waals surface area contributed by atoms with E-state index in [1.54, 1.807) is 7.11 Å². The SMILES string of the molecule is COCCN1C(=O)CCC2(C(=O)NC3CCN(Cc4ccccc4)CC3)CCCC=C12. The Bertz CT molecular complexity index is 801. The summed E-state index contributed by atoms with van der Waals surface area (Å²) in [6, 6.07) is 10.8. The zero-order chi connectivity index (χ0) is 21.7. The van der Waals surface area contributed by atoms with E-state index in [9.17, 15) is 9.59 Å². The maximum absolute atomic E-state index is 13.6. The van der Waals surface area contributed by atoms with E-state index in [2.05, 4.69) is 40.6 Å². The Morgan fingerprint density at radius 2 is 1.97 bits per heavy atom. The van der Waals surface area contributed by atoms with Crippen molar-refractivity contribution in [2.24, 2.45) is 5.41 Å². The molecule has 1 unspecified atom stereocenters. The number of fused-ring (bicyclic) bond motifs is 1. The van der Waals surface area contributed by atoms with Crippen molar-refractivity contribution in [3.05, 3.63) is 47.7 Å². The fourth-order valence-electron chi connectivity index (χ4n) is 5.35. The standard InChI is InChI=1S/C25H35N3O3/c1-31-18-17-28-22-9-5-6-13-25(22,14-10-23(28)29)24(30)26-21-11-15-27(16-12-21)19-20-7-3-2-4-8-20/h2-4,7-9,21H,5-6,10-19H2,1H3,(H,26,30). The van der Waals surface area contributed by atoms with E-state index in [-0.39, 0.29) is 17.9 Å². The molecular weight excluding hydrogens is 390 g/mol. The van der Waals surface area contributed by atoms with Crippen molar-refractivity contribution in [3.8, 4) is 0 Å². The lowest BCUT2D eigenvalue weighted by Gasteiger charge is -2.46. The van der Waals surface area contributed by atoms with Crippen LogP contribution in [0.1, 0.15) is 50.5 Å². The first-order chi connectivity index (χ1) is 15.1. The number of methoxy groups -OCH3 is 1. The number of ether oxygens (including phenoxy) is 1. The van der Waals surface area contributed by atoms with Gasteiger partial charge in [-0.2, -0.15) is 0 Å². The largest absolute Gasteiger partial charge is 0.383 e. The molecule has 2 fully saturated rings. The number of allylic oxidation sites excluding steroid dienone is 1. The van der Waals surface area contributed by atoms with Crippen LogP contribution in [0.2, 0.25) is 0 Å². The molecule has 31 heavy (non-hydrogen) atoms. The van der Waals surface area contributed by atoms with Gasteiger partial charge in [0.1, 0.15) is 0 Å². The van der Waals surface area contributed by atoms with Gasteiger partial charge in [0.15, 0.2) is 0 Å². The molecule has 1 aromatic rings. The summed E-state index contributed by atoms with van der Waals surface area (Å²) in [6.07, 6.45) is 7.88. The zero-order valence-electron chi connectivity index (χ0n) is 18.6. The third kappa shape index (κ3) is 4.85. The monoisotopic (exact) mass is 425 g/mol. The van der Waals surface area contributed by atoms with Gasteiger partial charge in [0.05, 0.1) is 12.0 Å². The highest BCUT2D eigenvalue weighted by atomic mass is 16.5. The summed E-state index contributed by atoms with van der Waals surface area (Å²) in [7, 11) is 1.65. The van der Waals surface area contributed by atoms with Crippen molar-refractivity contribution in [2.45, 2.75) is 57.5 Å². The van der Waals surface area contributed by atoms with Crippen molar-refractivity contribution >= 4 is 11.8 Å².